The number of aldehydes is 1. The Labute approximate surface area is 211 Å². The molecule has 4 aromatic rings. The van der Waals surface area contributed by atoms with Gasteiger partial charge in [0.05, 0.1) is 16.9 Å². The standard InChI is InChI=1S/C28H32F2N4OSi/c1-16(2)36(17(3)4,18(5)6)34-14-20(15-35)22-12-21(19-8-7-11-32-13-19)27(33-28(22)34)25-23(29)9-10-24(31)26(25)30/h7-18H,31H2,1-6H3. The molecule has 188 valence electrons. The van der Waals surface area contributed by atoms with Crippen molar-refractivity contribution in [1.29, 1.82) is 0 Å². The lowest BCUT2D eigenvalue weighted by Gasteiger charge is -2.44. The molecule has 0 bridgehead atoms. The second kappa shape index (κ2) is 9.58. The Morgan fingerprint density at radius 2 is 1.69 bits per heavy atom. The first-order valence-corrected chi connectivity index (χ1v) is 14.4. The molecule has 0 aliphatic heterocycles. The third kappa shape index (κ3) is 3.84. The molecule has 2 N–H and O–H groups in total. The van der Waals surface area contributed by atoms with E-state index in [1.807, 2.05) is 6.20 Å². The summed E-state index contributed by atoms with van der Waals surface area (Å²) in [6, 6.07) is 7.71. The van der Waals surface area contributed by atoms with Crippen molar-refractivity contribution in [2.24, 2.45) is 0 Å². The summed E-state index contributed by atoms with van der Waals surface area (Å²) in [5, 5.41) is 0.649. The number of pyridine rings is 2. The average Bonchev–Trinajstić information content (AvgIpc) is 3.19. The van der Waals surface area contributed by atoms with Crippen LogP contribution in [0.1, 0.15) is 51.9 Å². The summed E-state index contributed by atoms with van der Waals surface area (Å²) in [6.45, 7) is 13.3. The van der Waals surface area contributed by atoms with E-state index < -0.39 is 19.9 Å². The van der Waals surface area contributed by atoms with Crippen molar-refractivity contribution in [1.82, 2.24) is 14.2 Å². The summed E-state index contributed by atoms with van der Waals surface area (Å²) in [6.07, 6.45) is 5.95. The van der Waals surface area contributed by atoms with Gasteiger partial charge in [-0.2, -0.15) is 0 Å². The summed E-state index contributed by atoms with van der Waals surface area (Å²) in [5.74, 6) is -1.62. The van der Waals surface area contributed by atoms with Gasteiger partial charge in [-0.15, -0.1) is 0 Å². The molecule has 3 aromatic heterocycles. The number of carbonyl (C=O) groups is 1. The van der Waals surface area contributed by atoms with Crippen molar-refractivity contribution in [3.8, 4) is 22.4 Å². The monoisotopic (exact) mass is 506 g/mol. The number of nitrogen functional groups attached to an aromatic ring is 1. The number of carbonyl (C=O) groups excluding carboxylic acids is 1. The molecule has 0 amide bonds. The van der Waals surface area contributed by atoms with Gasteiger partial charge >= 0.3 is 0 Å². The SMILES string of the molecule is CC(C)[Si](C(C)C)(C(C)C)n1cc(C=O)c2cc(-c3cccnc3)c(-c3c(F)ccc(N)c3F)nc21. The summed E-state index contributed by atoms with van der Waals surface area (Å²) in [7, 11) is -2.35. The highest BCUT2D eigenvalue weighted by atomic mass is 28.3. The van der Waals surface area contributed by atoms with E-state index in [1.54, 1.807) is 30.6 Å². The van der Waals surface area contributed by atoms with E-state index in [1.165, 1.54) is 6.07 Å². The van der Waals surface area contributed by atoms with Crippen LogP contribution < -0.4 is 5.73 Å². The Hall–Kier alpha value is -3.39. The Balaban J connectivity index is 2.22. The van der Waals surface area contributed by atoms with E-state index in [-0.39, 0.29) is 16.9 Å². The summed E-state index contributed by atoms with van der Waals surface area (Å²) in [5.41, 5.74) is 8.65. The van der Waals surface area contributed by atoms with Gasteiger partial charge in [0, 0.05) is 40.7 Å². The van der Waals surface area contributed by atoms with Crippen LogP contribution in [0.15, 0.2) is 48.9 Å². The molecule has 0 saturated carbocycles. The van der Waals surface area contributed by atoms with Crippen LogP contribution in [0.2, 0.25) is 16.6 Å². The molecule has 0 aliphatic carbocycles. The maximum Gasteiger partial charge on any atom is 0.171 e. The lowest BCUT2D eigenvalue weighted by atomic mass is 9.98. The maximum atomic E-state index is 15.4. The van der Waals surface area contributed by atoms with E-state index in [0.29, 0.717) is 44.3 Å². The molecular weight excluding hydrogens is 474 g/mol. The molecule has 0 saturated heterocycles. The van der Waals surface area contributed by atoms with Crippen molar-refractivity contribution in [2.45, 2.75) is 58.2 Å². The third-order valence-corrected chi connectivity index (χ3v) is 14.2. The number of fused-ring (bicyclic) bond motifs is 1. The molecule has 5 nitrogen and oxygen atoms in total. The second-order valence-electron chi connectivity index (χ2n) is 10.2. The first kappa shape index (κ1) is 25.7. The number of anilines is 1. The molecule has 36 heavy (non-hydrogen) atoms. The number of benzene rings is 1. The molecule has 3 heterocycles. The Bertz CT molecular complexity index is 1410. The van der Waals surface area contributed by atoms with Crippen molar-refractivity contribution < 1.29 is 13.6 Å². The van der Waals surface area contributed by atoms with E-state index in [0.717, 1.165) is 12.4 Å². The number of halogens is 2. The highest BCUT2D eigenvalue weighted by Gasteiger charge is 2.46. The van der Waals surface area contributed by atoms with Gasteiger partial charge in [0.25, 0.3) is 0 Å². The molecule has 4 rings (SSSR count). The summed E-state index contributed by atoms with van der Waals surface area (Å²) >= 11 is 0. The summed E-state index contributed by atoms with van der Waals surface area (Å²) < 4.78 is 32.7. The number of nitrogens with zero attached hydrogens (tertiary/aromatic N) is 3. The molecule has 1 aromatic carbocycles. The zero-order valence-corrected chi connectivity index (χ0v) is 22.5. The molecule has 0 spiro atoms. The van der Waals surface area contributed by atoms with Crippen LogP contribution in [0.3, 0.4) is 0 Å². The fourth-order valence-corrected chi connectivity index (χ4v) is 12.7. The zero-order chi connectivity index (χ0) is 26.4. The van der Waals surface area contributed by atoms with Gasteiger partial charge < -0.3 is 9.97 Å². The van der Waals surface area contributed by atoms with E-state index >= 15 is 8.78 Å². The van der Waals surface area contributed by atoms with Crippen LogP contribution in [-0.2, 0) is 0 Å². The first-order valence-electron chi connectivity index (χ1n) is 12.2. The quantitative estimate of drug-likeness (QED) is 0.160. The third-order valence-electron chi connectivity index (χ3n) is 7.46. The topological polar surface area (TPSA) is 73.8 Å². The number of hydrogen-bond donors (Lipinski definition) is 1. The Kier molecular flexibility index (Phi) is 6.83. The zero-order valence-electron chi connectivity index (χ0n) is 21.5. The highest BCUT2D eigenvalue weighted by molar-refractivity contribution is 6.82. The van der Waals surface area contributed by atoms with Crippen LogP contribution >= 0.6 is 0 Å². The maximum absolute atomic E-state index is 15.4. The van der Waals surface area contributed by atoms with Crippen LogP contribution in [0.4, 0.5) is 14.5 Å². The molecule has 0 radical (unpaired) electrons. The van der Waals surface area contributed by atoms with Crippen molar-refractivity contribution in [2.75, 3.05) is 5.73 Å². The summed E-state index contributed by atoms with van der Waals surface area (Å²) in [4.78, 5) is 21.4. The van der Waals surface area contributed by atoms with E-state index in [9.17, 15) is 4.79 Å². The number of aromatic nitrogens is 3. The van der Waals surface area contributed by atoms with E-state index in [2.05, 4.69) is 50.8 Å². The second-order valence-corrected chi connectivity index (χ2v) is 16.0. The Morgan fingerprint density at radius 1 is 1.03 bits per heavy atom. The van der Waals surface area contributed by atoms with Crippen molar-refractivity contribution in [3.63, 3.8) is 0 Å². The minimum Gasteiger partial charge on any atom is -0.396 e. The van der Waals surface area contributed by atoms with Gasteiger partial charge in [0.1, 0.15) is 11.5 Å². The van der Waals surface area contributed by atoms with Gasteiger partial charge in [-0.25, -0.2) is 13.8 Å². The van der Waals surface area contributed by atoms with Gasteiger partial charge in [-0.05, 0) is 40.9 Å². The lowest BCUT2D eigenvalue weighted by Crippen LogP contribution is -2.51. The molecule has 0 unspecified atom stereocenters. The molecule has 0 aliphatic rings. The minimum atomic E-state index is -2.35. The Morgan fingerprint density at radius 3 is 2.25 bits per heavy atom. The molecule has 8 heteroatoms. The fourth-order valence-electron chi connectivity index (χ4n) is 6.11. The fraction of sp³-hybridized carbons (Fsp3) is 0.321. The highest BCUT2D eigenvalue weighted by Crippen LogP contribution is 2.46. The first-order chi connectivity index (χ1) is 17.0. The normalized spacial score (nSPS) is 12.3. The van der Waals surface area contributed by atoms with Gasteiger partial charge in [0.15, 0.2) is 20.3 Å². The van der Waals surface area contributed by atoms with E-state index in [4.69, 9.17) is 10.7 Å². The minimum absolute atomic E-state index is 0.133. The van der Waals surface area contributed by atoms with Gasteiger partial charge in [-0.3, -0.25) is 9.78 Å². The van der Waals surface area contributed by atoms with Crippen LogP contribution in [0, 0.1) is 11.6 Å². The van der Waals surface area contributed by atoms with Crippen LogP contribution in [0.25, 0.3) is 33.4 Å². The number of nitrogens with two attached hydrogens (primary N) is 1. The smallest absolute Gasteiger partial charge is 0.171 e. The van der Waals surface area contributed by atoms with Crippen LogP contribution in [0.5, 0.6) is 0 Å². The number of rotatable bonds is 7. The predicted octanol–water partition coefficient (Wildman–Crippen LogP) is 7.46. The number of hydrogen-bond acceptors (Lipinski definition) is 4. The molecule has 0 fully saturated rings. The molecule has 0 atom stereocenters. The molecular formula is C28H32F2N4OSi. The van der Waals surface area contributed by atoms with Crippen LogP contribution in [-0.4, -0.2) is 28.7 Å². The predicted molar refractivity (Wildman–Crippen MR) is 145 cm³/mol. The van der Waals surface area contributed by atoms with Crippen molar-refractivity contribution >= 4 is 31.2 Å². The van der Waals surface area contributed by atoms with Crippen molar-refractivity contribution in [3.05, 3.63) is 66.1 Å². The average molecular weight is 507 g/mol. The van der Waals surface area contributed by atoms with Gasteiger partial charge in [0.2, 0.25) is 0 Å². The largest absolute Gasteiger partial charge is 0.396 e. The lowest BCUT2D eigenvalue weighted by molar-refractivity contribution is 0.112. The van der Waals surface area contributed by atoms with Gasteiger partial charge in [-0.1, -0.05) is 47.6 Å².